The van der Waals surface area contributed by atoms with Gasteiger partial charge in [-0.1, -0.05) is 18.6 Å². The van der Waals surface area contributed by atoms with Crippen molar-refractivity contribution >= 4 is 5.91 Å². The Morgan fingerprint density at radius 3 is 2.60 bits per heavy atom. The van der Waals surface area contributed by atoms with Gasteiger partial charge in [-0.3, -0.25) is 9.59 Å². The molecular weight excluding hydrogens is 395 g/mol. The molecule has 0 saturated heterocycles. The van der Waals surface area contributed by atoms with Crippen molar-refractivity contribution in [3.8, 4) is 5.69 Å². The number of para-hydroxylation sites is 1. The highest BCUT2D eigenvalue weighted by atomic mass is 19.4. The monoisotopic (exact) mass is 419 g/mol. The summed E-state index contributed by atoms with van der Waals surface area (Å²) in [6, 6.07) is 6.00. The maximum Gasteiger partial charge on any atom is 0.418 e. The molecule has 30 heavy (non-hydrogen) atoms. The van der Waals surface area contributed by atoms with E-state index >= 15 is 0 Å². The van der Waals surface area contributed by atoms with Crippen molar-refractivity contribution in [3.05, 3.63) is 57.5 Å². The van der Waals surface area contributed by atoms with Gasteiger partial charge in [-0.2, -0.15) is 18.3 Å². The second-order valence-corrected chi connectivity index (χ2v) is 8.53. The van der Waals surface area contributed by atoms with Crippen LogP contribution in [0.15, 0.2) is 35.1 Å². The highest BCUT2D eigenvalue weighted by molar-refractivity contribution is 5.92. The first-order valence-corrected chi connectivity index (χ1v) is 10.2. The lowest BCUT2D eigenvalue weighted by molar-refractivity contribution is -0.137. The van der Waals surface area contributed by atoms with Gasteiger partial charge in [0.25, 0.3) is 5.91 Å². The fourth-order valence-corrected chi connectivity index (χ4v) is 5.14. The van der Waals surface area contributed by atoms with Gasteiger partial charge in [0.1, 0.15) is 0 Å². The third-order valence-corrected chi connectivity index (χ3v) is 6.55. The molecule has 2 aliphatic carbocycles. The molecule has 4 unspecified atom stereocenters. The van der Waals surface area contributed by atoms with Crippen LogP contribution >= 0.6 is 0 Å². The number of aromatic nitrogens is 2. The molecule has 160 valence electrons. The Labute approximate surface area is 172 Å². The summed E-state index contributed by atoms with van der Waals surface area (Å²) in [5.41, 5.74) is -1.89. The van der Waals surface area contributed by atoms with Crippen LogP contribution in [0.25, 0.3) is 5.69 Å². The number of amides is 1. The van der Waals surface area contributed by atoms with Crippen molar-refractivity contribution in [3.63, 3.8) is 0 Å². The molecule has 1 heterocycles. The Bertz CT molecular complexity index is 1030. The van der Waals surface area contributed by atoms with E-state index in [9.17, 15) is 22.8 Å². The average Bonchev–Trinajstić information content (AvgIpc) is 3.31. The zero-order chi connectivity index (χ0) is 21.6. The molecule has 2 aromatic rings. The molecule has 1 N–H and O–H groups in total. The lowest BCUT2D eigenvalue weighted by Gasteiger charge is -2.28. The van der Waals surface area contributed by atoms with Crippen molar-refractivity contribution in [2.24, 2.45) is 17.8 Å². The summed E-state index contributed by atoms with van der Waals surface area (Å²) in [4.78, 5) is 25.2. The van der Waals surface area contributed by atoms with Crippen LogP contribution in [-0.2, 0) is 6.18 Å². The molecule has 5 nitrogen and oxygen atoms in total. The number of fused-ring (bicyclic) bond motifs is 2. The summed E-state index contributed by atoms with van der Waals surface area (Å²) >= 11 is 0. The summed E-state index contributed by atoms with van der Waals surface area (Å²) < 4.78 is 41.3. The molecule has 0 radical (unpaired) electrons. The maximum atomic E-state index is 13.4. The minimum atomic E-state index is -4.59. The Morgan fingerprint density at radius 2 is 1.97 bits per heavy atom. The quantitative estimate of drug-likeness (QED) is 0.811. The molecule has 4 rings (SSSR count). The number of nitrogens with one attached hydrogen (secondary N) is 1. The van der Waals surface area contributed by atoms with Gasteiger partial charge >= 0.3 is 6.18 Å². The van der Waals surface area contributed by atoms with Crippen molar-refractivity contribution in [2.75, 3.05) is 0 Å². The Kier molecular flexibility index (Phi) is 5.20. The fraction of sp³-hybridized carbons (Fsp3) is 0.500. The molecule has 8 heteroatoms. The fourth-order valence-electron chi connectivity index (χ4n) is 5.14. The van der Waals surface area contributed by atoms with Gasteiger partial charge in [-0.15, -0.1) is 0 Å². The molecule has 2 bridgehead atoms. The summed E-state index contributed by atoms with van der Waals surface area (Å²) in [5, 5.41) is 6.91. The number of alkyl halides is 3. The zero-order valence-corrected chi connectivity index (χ0v) is 16.9. The van der Waals surface area contributed by atoms with E-state index in [0.29, 0.717) is 17.8 Å². The summed E-state index contributed by atoms with van der Waals surface area (Å²) in [6.07, 6.45) is 0.0714. The molecule has 0 spiro atoms. The third-order valence-electron chi connectivity index (χ3n) is 6.55. The van der Waals surface area contributed by atoms with E-state index in [0.717, 1.165) is 23.2 Å². The van der Waals surface area contributed by atoms with E-state index in [1.165, 1.54) is 44.4 Å². The highest BCUT2D eigenvalue weighted by Crippen LogP contribution is 2.49. The van der Waals surface area contributed by atoms with Crippen molar-refractivity contribution in [1.82, 2.24) is 15.1 Å². The number of benzene rings is 1. The number of hydrogen-bond acceptors (Lipinski definition) is 3. The number of nitrogens with zero attached hydrogens (tertiary/aromatic N) is 2. The second-order valence-electron chi connectivity index (χ2n) is 8.53. The van der Waals surface area contributed by atoms with Gasteiger partial charge in [0.15, 0.2) is 5.69 Å². The molecule has 2 saturated carbocycles. The standard InChI is InChI=1S/C22H24F3N3O2/c1-12-9-19(29)20(21(30)26-13(2)16-11-14-7-8-15(16)10-14)27-28(12)18-6-4-3-5-17(18)22(23,24)25/h3-6,9,13-16H,7-8,10-11H2,1-2H3,(H,26,30). The summed E-state index contributed by atoms with van der Waals surface area (Å²) in [7, 11) is 0. The largest absolute Gasteiger partial charge is 0.418 e. The van der Waals surface area contributed by atoms with E-state index < -0.39 is 28.8 Å². The average molecular weight is 419 g/mol. The van der Waals surface area contributed by atoms with Crippen molar-refractivity contribution < 1.29 is 18.0 Å². The Hall–Kier alpha value is -2.64. The second kappa shape index (κ2) is 7.56. The van der Waals surface area contributed by atoms with Crippen molar-refractivity contribution in [1.29, 1.82) is 0 Å². The summed E-state index contributed by atoms with van der Waals surface area (Å²) in [5.74, 6) is 1.03. The van der Waals surface area contributed by atoms with E-state index in [4.69, 9.17) is 0 Å². The Morgan fingerprint density at radius 1 is 1.23 bits per heavy atom. The van der Waals surface area contributed by atoms with Gasteiger partial charge in [0.05, 0.1) is 11.3 Å². The van der Waals surface area contributed by atoms with E-state index in [2.05, 4.69) is 10.4 Å². The van der Waals surface area contributed by atoms with Crippen LogP contribution in [0, 0.1) is 24.7 Å². The molecule has 1 aromatic heterocycles. The lowest BCUT2D eigenvalue weighted by atomic mass is 9.84. The first kappa shape index (κ1) is 20.6. The third kappa shape index (κ3) is 3.75. The maximum absolute atomic E-state index is 13.4. The van der Waals surface area contributed by atoms with Crippen LogP contribution in [0.1, 0.15) is 54.4 Å². The van der Waals surface area contributed by atoms with Crippen LogP contribution in [-0.4, -0.2) is 21.7 Å². The zero-order valence-electron chi connectivity index (χ0n) is 16.9. The number of aryl methyl sites for hydroxylation is 1. The Balaban J connectivity index is 1.64. The molecule has 2 fully saturated rings. The van der Waals surface area contributed by atoms with E-state index in [-0.39, 0.29) is 17.4 Å². The molecule has 4 atom stereocenters. The molecule has 1 aromatic carbocycles. The molecular formula is C22H24F3N3O2. The van der Waals surface area contributed by atoms with Crippen LogP contribution in [0.2, 0.25) is 0 Å². The normalized spacial score (nSPS) is 24.1. The number of halogens is 3. The van der Waals surface area contributed by atoms with Crippen LogP contribution in [0.5, 0.6) is 0 Å². The number of hydrogen-bond donors (Lipinski definition) is 1. The van der Waals surface area contributed by atoms with Crippen molar-refractivity contribution in [2.45, 2.75) is 51.7 Å². The van der Waals surface area contributed by atoms with E-state index in [1.54, 1.807) is 0 Å². The lowest BCUT2D eigenvalue weighted by Crippen LogP contribution is -2.42. The van der Waals surface area contributed by atoms with Crippen LogP contribution in [0.4, 0.5) is 13.2 Å². The van der Waals surface area contributed by atoms with Crippen LogP contribution in [0.3, 0.4) is 0 Å². The number of rotatable bonds is 4. The minimum absolute atomic E-state index is 0.119. The van der Waals surface area contributed by atoms with Gasteiger partial charge in [-0.25, -0.2) is 4.68 Å². The van der Waals surface area contributed by atoms with Gasteiger partial charge in [0.2, 0.25) is 5.43 Å². The van der Waals surface area contributed by atoms with Crippen LogP contribution < -0.4 is 10.7 Å². The number of carbonyl (C=O) groups excluding carboxylic acids is 1. The smallest absolute Gasteiger partial charge is 0.348 e. The minimum Gasteiger partial charge on any atom is -0.348 e. The SMILES string of the molecule is Cc1cc(=O)c(C(=O)NC(C)C2CC3CCC2C3)nn1-c1ccccc1C(F)(F)F. The van der Waals surface area contributed by atoms with Gasteiger partial charge < -0.3 is 5.32 Å². The first-order valence-electron chi connectivity index (χ1n) is 10.2. The van der Waals surface area contributed by atoms with E-state index in [1.807, 2.05) is 6.92 Å². The molecule has 1 amide bonds. The topological polar surface area (TPSA) is 64.0 Å². The summed E-state index contributed by atoms with van der Waals surface area (Å²) in [6.45, 7) is 3.41. The predicted molar refractivity (Wildman–Crippen MR) is 105 cm³/mol. The highest BCUT2D eigenvalue weighted by Gasteiger charge is 2.42. The number of carbonyl (C=O) groups is 1. The van der Waals surface area contributed by atoms with Gasteiger partial charge in [-0.05, 0) is 63.0 Å². The molecule has 0 aliphatic heterocycles. The first-order chi connectivity index (χ1) is 14.1. The van der Waals surface area contributed by atoms with Gasteiger partial charge in [0, 0.05) is 17.8 Å². The molecule has 2 aliphatic rings. The predicted octanol–water partition coefficient (Wildman–Crippen LogP) is 4.11.